The standard InChI is InChI=1S/C26H27N3O4/c1-4-33-20-11-10-15(12-18(20)30)21-22-17(13-26(2,3)14-19(22)31)27-24-23(21)25(32)29(28-24)16-8-6-5-7-9-16/h5-12,21,27-28,30H,4,13-14H2,1-3H3/t21-/m1/s1. The van der Waals surface area contributed by atoms with Crippen LogP contribution in [0.3, 0.4) is 0 Å². The number of ether oxygens (including phenoxy) is 1. The van der Waals surface area contributed by atoms with Gasteiger partial charge in [0.25, 0.3) is 5.56 Å². The van der Waals surface area contributed by atoms with Crippen molar-refractivity contribution in [1.82, 2.24) is 9.78 Å². The fraction of sp³-hybridized carbons (Fsp3) is 0.308. The van der Waals surface area contributed by atoms with Gasteiger partial charge >= 0.3 is 0 Å². The summed E-state index contributed by atoms with van der Waals surface area (Å²) >= 11 is 0. The maximum Gasteiger partial charge on any atom is 0.277 e. The van der Waals surface area contributed by atoms with Gasteiger partial charge in [0.05, 0.1) is 17.9 Å². The topological polar surface area (TPSA) is 96.4 Å². The monoisotopic (exact) mass is 445 g/mol. The molecule has 0 amide bonds. The fourth-order valence-corrected chi connectivity index (χ4v) is 4.97. The molecule has 1 atom stereocenters. The fourth-order valence-electron chi connectivity index (χ4n) is 4.97. The first-order valence-electron chi connectivity index (χ1n) is 11.2. The van der Waals surface area contributed by atoms with E-state index in [9.17, 15) is 14.7 Å². The Hall–Kier alpha value is -3.74. The van der Waals surface area contributed by atoms with Crippen LogP contribution < -0.4 is 15.6 Å². The average molecular weight is 446 g/mol. The second kappa shape index (κ2) is 7.69. The molecule has 1 aromatic heterocycles. The first-order valence-corrected chi connectivity index (χ1v) is 11.2. The summed E-state index contributed by atoms with van der Waals surface area (Å²) in [5, 5.41) is 17.1. The number of anilines is 1. The van der Waals surface area contributed by atoms with Gasteiger partial charge in [0.1, 0.15) is 5.82 Å². The van der Waals surface area contributed by atoms with Gasteiger partial charge in [-0.15, -0.1) is 0 Å². The maximum atomic E-state index is 13.6. The number of hydrogen-bond donors (Lipinski definition) is 3. The first kappa shape index (κ1) is 21.1. The van der Waals surface area contributed by atoms with E-state index in [4.69, 9.17) is 4.74 Å². The lowest BCUT2D eigenvalue weighted by molar-refractivity contribution is -0.118. The average Bonchev–Trinajstić information content (AvgIpc) is 3.09. The Kier molecular flexibility index (Phi) is 4.92. The number of hydrogen-bond acceptors (Lipinski definition) is 5. The zero-order chi connectivity index (χ0) is 23.3. The minimum Gasteiger partial charge on any atom is -0.504 e. The lowest BCUT2D eigenvalue weighted by Crippen LogP contribution is -2.35. The van der Waals surface area contributed by atoms with Crippen LogP contribution >= 0.6 is 0 Å². The van der Waals surface area contributed by atoms with Crippen molar-refractivity contribution in [3.05, 3.63) is 81.3 Å². The van der Waals surface area contributed by atoms with Crippen LogP contribution in [0, 0.1) is 5.41 Å². The van der Waals surface area contributed by atoms with Gasteiger partial charge in [-0.25, -0.2) is 4.68 Å². The van der Waals surface area contributed by atoms with E-state index in [2.05, 4.69) is 24.3 Å². The van der Waals surface area contributed by atoms with Gasteiger partial charge < -0.3 is 15.2 Å². The van der Waals surface area contributed by atoms with Crippen molar-refractivity contribution in [2.75, 3.05) is 11.9 Å². The number of Topliss-reactive ketones (excluding diaryl/α,β-unsaturated/α-hetero) is 1. The largest absolute Gasteiger partial charge is 0.504 e. The van der Waals surface area contributed by atoms with E-state index >= 15 is 0 Å². The van der Waals surface area contributed by atoms with Crippen LogP contribution in [-0.4, -0.2) is 27.3 Å². The first-order chi connectivity index (χ1) is 15.8. The Morgan fingerprint density at radius 3 is 2.58 bits per heavy atom. The quantitative estimate of drug-likeness (QED) is 0.551. The van der Waals surface area contributed by atoms with Crippen LogP contribution in [0.4, 0.5) is 5.82 Å². The molecule has 2 aliphatic rings. The number of para-hydroxylation sites is 1. The Labute approximate surface area is 191 Å². The number of fused-ring (bicyclic) bond motifs is 1. The summed E-state index contributed by atoms with van der Waals surface area (Å²) in [6.45, 7) is 6.41. The van der Waals surface area contributed by atoms with Gasteiger partial charge in [-0.3, -0.25) is 14.7 Å². The molecule has 2 heterocycles. The minimum absolute atomic E-state index is 0.0147. The number of carbonyl (C=O) groups is 1. The van der Waals surface area contributed by atoms with Gasteiger partial charge in [-0.05, 0) is 48.6 Å². The van der Waals surface area contributed by atoms with E-state index in [1.165, 1.54) is 4.68 Å². The molecule has 7 nitrogen and oxygen atoms in total. The molecule has 3 N–H and O–H groups in total. The van der Waals surface area contributed by atoms with Crippen molar-refractivity contribution < 1.29 is 14.6 Å². The van der Waals surface area contributed by atoms with Crippen molar-refractivity contribution >= 4 is 11.6 Å². The molecule has 1 aliphatic heterocycles. The minimum atomic E-state index is -0.588. The van der Waals surface area contributed by atoms with Crippen LogP contribution in [-0.2, 0) is 4.79 Å². The third kappa shape index (κ3) is 3.53. The number of nitrogens with one attached hydrogen (secondary N) is 2. The molecule has 33 heavy (non-hydrogen) atoms. The highest BCUT2D eigenvalue weighted by atomic mass is 16.5. The van der Waals surface area contributed by atoms with Crippen LogP contribution in [0.15, 0.2) is 64.6 Å². The van der Waals surface area contributed by atoms with E-state index < -0.39 is 5.92 Å². The van der Waals surface area contributed by atoms with Gasteiger partial charge in [0.15, 0.2) is 17.3 Å². The van der Waals surface area contributed by atoms with E-state index in [0.29, 0.717) is 53.4 Å². The second-order valence-electron chi connectivity index (χ2n) is 9.43. The number of aromatic nitrogens is 2. The Bertz CT molecular complexity index is 1330. The van der Waals surface area contributed by atoms with Crippen LogP contribution in [0.5, 0.6) is 11.5 Å². The van der Waals surface area contributed by atoms with E-state index in [-0.39, 0.29) is 22.5 Å². The van der Waals surface area contributed by atoms with Crippen molar-refractivity contribution in [2.24, 2.45) is 5.41 Å². The van der Waals surface area contributed by atoms with E-state index in [1.807, 2.05) is 43.3 Å². The number of phenols is 1. The highest BCUT2D eigenvalue weighted by molar-refractivity contribution is 6.01. The number of ketones is 1. The van der Waals surface area contributed by atoms with Crippen LogP contribution in [0.2, 0.25) is 0 Å². The lowest BCUT2D eigenvalue weighted by atomic mass is 9.69. The molecular weight excluding hydrogens is 418 g/mol. The molecule has 0 saturated heterocycles. The van der Waals surface area contributed by atoms with Gasteiger partial charge in [-0.2, -0.15) is 0 Å². The number of aromatic hydroxyl groups is 1. The third-order valence-electron chi connectivity index (χ3n) is 6.33. The highest BCUT2D eigenvalue weighted by Gasteiger charge is 2.43. The Balaban J connectivity index is 1.72. The van der Waals surface area contributed by atoms with Gasteiger partial charge in [0, 0.05) is 23.6 Å². The lowest BCUT2D eigenvalue weighted by Gasteiger charge is -2.37. The number of rotatable bonds is 4. The number of H-pyrrole nitrogens is 1. The predicted octanol–water partition coefficient (Wildman–Crippen LogP) is 4.47. The summed E-state index contributed by atoms with van der Waals surface area (Å²) < 4.78 is 6.97. The normalized spacial score (nSPS) is 19.0. The summed E-state index contributed by atoms with van der Waals surface area (Å²) in [6, 6.07) is 14.4. The number of carbonyl (C=O) groups excluding carboxylic acids is 1. The van der Waals surface area contributed by atoms with Crippen LogP contribution in [0.1, 0.15) is 50.7 Å². The van der Waals surface area contributed by atoms with Crippen molar-refractivity contribution in [2.45, 2.75) is 39.5 Å². The number of aromatic amines is 1. The molecule has 7 heteroatoms. The number of allylic oxidation sites excluding steroid dienone is 2. The van der Waals surface area contributed by atoms with Crippen LogP contribution in [0.25, 0.3) is 5.69 Å². The summed E-state index contributed by atoms with van der Waals surface area (Å²) in [4.78, 5) is 27.0. The predicted molar refractivity (Wildman–Crippen MR) is 126 cm³/mol. The summed E-state index contributed by atoms with van der Waals surface area (Å²) in [5.41, 5.74) is 2.85. The molecule has 5 rings (SSSR count). The summed E-state index contributed by atoms with van der Waals surface area (Å²) in [5.74, 6) is 0.363. The smallest absolute Gasteiger partial charge is 0.277 e. The SMILES string of the molecule is CCOc1ccc([C@@H]2C3=C(CC(C)(C)CC3=O)Nc3[nH]n(-c4ccccc4)c(=O)c32)cc1O. The molecule has 0 saturated carbocycles. The van der Waals surface area contributed by atoms with E-state index in [1.54, 1.807) is 12.1 Å². The Morgan fingerprint density at radius 1 is 1.12 bits per heavy atom. The molecule has 0 bridgehead atoms. The molecule has 3 aromatic rings. The number of benzene rings is 2. The molecule has 0 fully saturated rings. The molecule has 1 aliphatic carbocycles. The second-order valence-corrected chi connectivity index (χ2v) is 9.43. The molecular formula is C26H27N3O4. The van der Waals surface area contributed by atoms with Gasteiger partial charge in [0.2, 0.25) is 0 Å². The summed E-state index contributed by atoms with van der Waals surface area (Å²) in [6.07, 6.45) is 1.09. The number of phenolic OH excluding ortho intramolecular Hbond substituents is 1. The third-order valence-corrected chi connectivity index (χ3v) is 6.33. The van der Waals surface area contributed by atoms with Crippen molar-refractivity contribution in [3.63, 3.8) is 0 Å². The zero-order valence-electron chi connectivity index (χ0n) is 18.9. The Morgan fingerprint density at radius 2 is 1.88 bits per heavy atom. The number of nitrogens with zero attached hydrogens (tertiary/aromatic N) is 1. The van der Waals surface area contributed by atoms with Crippen molar-refractivity contribution in [1.29, 1.82) is 0 Å². The molecule has 2 aromatic carbocycles. The maximum absolute atomic E-state index is 13.6. The van der Waals surface area contributed by atoms with Crippen molar-refractivity contribution in [3.8, 4) is 17.2 Å². The molecule has 170 valence electrons. The molecule has 0 unspecified atom stereocenters. The van der Waals surface area contributed by atoms with Gasteiger partial charge in [-0.1, -0.05) is 38.1 Å². The molecule has 0 radical (unpaired) electrons. The van der Waals surface area contributed by atoms with E-state index in [0.717, 1.165) is 5.70 Å². The summed E-state index contributed by atoms with van der Waals surface area (Å²) in [7, 11) is 0. The highest BCUT2D eigenvalue weighted by Crippen LogP contribution is 2.48. The zero-order valence-corrected chi connectivity index (χ0v) is 18.9. The molecule has 0 spiro atoms.